The van der Waals surface area contributed by atoms with Crippen molar-refractivity contribution in [2.75, 3.05) is 0 Å². The third kappa shape index (κ3) is 5.17. The molecule has 0 radical (unpaired) electrons. The molecule has 26 heavy (non-hydrogen) atoms. The molecule has 0 fully saturated rings. The van der Waals surface area contributed by atoms with Crippen molar-refractivity contribution in [2.45, 2.75) is 32.6 Å². The number of halogens is 2. The van der Waals surface area contributed by atoms with Gasteiger partial charge >= 0.3 is 0 Å². The second-order valence-electron chi connectivity index (χ2n) is 6.14. The fourth-order valence-electron chi connectivity index (χ4n) is 2.82. The van der Waals surface area contributed by atoms with Crippen LogP contribution < -0.4 is 0 Å². The van der Waals surface area contributed by atoms with E-state index >= 15 is 0 Å². The molecule has 0 bridgehead atoms. The lowest BCUT2D eigenvalue weighted by Crippen LogP contribution is -2.19. The van der Waals surface area contributed by atoms with Gasteiger partial charge in [0.15, 0.2) is 0 Å². The summed E-state index contributed by atoms with van der Waals surface area (Å²) in [5, 5.41) is 0.552. The number of Topliss-reactive ketones (excluding diaryl/α,β-unsaturated/α-hetero) is 1. The Kier molecular flexibility index (Phi) is 7.38. The van der Waals surface area contributed by atoms with Gasteiger partial charge in [-0.3, -0.25) is 9.78 Å². The topological polar surface area (TPSA) is 47.0 Å². The molecule has 1 aromatic heterocycles. The molecule has 1 heterocycles. The van der Waals surface area contributed by atoms with E-state index in [0.29, 0.717) is 23.8 Å². The molecule has 0 spiro atoms. The van der Waals surface area contributed by atoms with Gasteiger partial charge in [-0.1, -0.05) is 42.1 Å². The van der Waals surface area contributed by atoms with Crippen LogP contribution in [0.5, 0.6) is 0 Å². The first-order chi connectivity index (χ1) is 12.5. The molecule has 0 saturated heterocycles. The zero-order chi connectivity index (χ0) is 19.1. The summed E-state index contributed by atoms with van der Waals surface area (Å²) in [7, 11) is 0. The molecule has 0 aliphatic rings. The molecule has 0 aliphatic heterocycles. The summed E-state index contributed by atoms with van der Waals surface area (Å²) in [4.78, 5) is 28.6. The van der Waals surface area contributed by atoms with E-state index in [1.165, 1.54) is 0 Å². The van der Waals surface area contributed by atoms with Gasteiger partial charge in [0.05, 0.1) is 0 Å². The van der Waals surface area contributed by atoms with Gasteiger partial charge in [0.2, 0.25) is 0 Å². The Morgan fingerprint density at radius 1 is 1.27 bits per heavy atom. The number of hydrogen-bond acceptors (Lipinski definition) is 3. The van der Waals surface area contributed by atoms with Gasteiger partial charge in [0.1, 0.15) is 18.0 Å². The second kappa shape index (κ2) is 9.52. The van der Waals surface area contributed by atoms with Crippen LogP contribution in [-0.4, -0.2) is 17.1 Å². The Balaban J connectivity index is 2.18. The molecule has 0 amide bonds. The summed E-state index contributed by atoms with van der Waals surface area (Å²) < 4.78 is 0. The second-order valence-corrected chi connectivity index (χ2v) is 6.96. The van der Waals surface area contributed by atoms with Crippen LogP contribution in [0.2, 0.25) is 10.0 Å². The fraction of sp³-hybridized carbons (Fsp3) is 0.286. The summed E-state index contributed by atoms with van der Waals surface area (Å²) >= 11 is 12.6. The predicted molar refractivity (Wildman–Crippen MR) is 105 cm³/mol. The number of hydrogen-bond donors (Lipinski definition) is 0. The average molecular weight is 388 g/mol. The number of aldehydes is 1. The molecular weight excluding hydrogens is 369 g/mol. The van der Waals surface area contributed by atoms with E-state index in [-0.39, 0.29) is 28.2 Å². The lowest BCUT2D eigenvalue weighted by atomic mass is 9.88. The van der Waals surface area contributed by atoms with E-state index in [1.54, 1.807) is 25.3 Å². The SMILES string of the molecule is CC#Cc1cc(Cl)c(C(C=O)C(=O)CC(C)Cc2ccccn2)c(Cl)c1. The normalized spacial score (nSPS) is 12.6. The smallest absolute Gasteiger partial charge is 0.147 e. The van der Waals surface area contributed by atoms with E-state index in [4.69, 9.17) is 23.2 Å². The molecule has 1 aromatic carbocycles. The molecule has 134 valence electrons. The molecule has 0 aliphatic carbocycles. The molecule has 0 N–H and O–H groups in total. The van der Waals surface area contributed by atoms with Crippen LogP contribution in [0.25, 0.3) is 0 Å². The van der Waals surface area contributed by atoms with Crippen LogP contribution in [0.15, 0.2) is 36.5 Å². The number of ketones is 1. The number of benzene rings is 1. The largest absolute Gasteiger partial charge is 0.302 e. The summed E-state index contributed by atoms with van der Waals surface area (Å²) in [5.74, 6) is 4.48. The average Bonchev–Trinajstić information content (AvgIpc) is 2.59. The number of rotatable bonds is 7. The number of nitrogens with zero attached hydrogens (tertiary/aromatic N) is 1. The quantitative estimate of drug-likeness (QED) is 0.386. The lowest BCUT2D eigenvalue weighted by Gasteiger charge is -2.16. The standard InChI is InChI=1S/C21H19Cl2NO2/c1-3-6-15-11-18(22)21(19(23)12-15)17(13-25)20(26)10-14(2)9-16-7-4-5-8-24-16/h4-5,7-8,11-14,17H,9-10H2,1-2H3. The van der Waals surface area contributed by atoms with Crippen molar-refractivity contribution in [1.82, 2.24) is 4.98 Å². The Morgan fingerprint density at radius 3 is 2.50 bits per heavy atom. The first kappa shape index (κ1) is 20.2. The van der Waals surface area contributed by atoms with Gasteiger partial charge < -0.3 is 4.79 Å². The van der Waals surface area contributed by atoms with Crippen molar-refractivity contribution in [3.8, 4) is 11.8 Å². The molecule has 2 rings (SSSR count). The highest BCUT2D eigenvalue weighted by Crippen LogP contribution is 2.34. The van der Waals surface area contributed by atoms with E-state index < -0.39 is 5.92 Å². The Hall–Kier alpha value is -2.15. The maximum Gasteiger partial charge on any atom is 0.147 e. The maximum atomic E-state index is 12.7. The first-order valence-electron chi connectivity index (χ1n) is 8.25. The molecule has 2 unspecified atom stereocenters. The van der Waals surface area contributed by atoms with Crippen LogP contribution in [-0.2, 0) is 16.0 Å². The van der Waals surface area contributed by atoms with Crippen molar-refractivity contribution in [3.63, 3.8) is 0 Å². The molecule has 0 saturated carbocycles. The molecular formula is C21H19Cl2NO2. The van der Waals surface area contributed by atoms with Crippen molar-refractivity contribution >= 4 is 35.3 Å². The van der Waals surface area contributed by atoms with E-state index in [0.717, 1.165) is 5.69 Å². The van der Waals surface area contributed by atoms with Gasteiger partial charge in [0.25, 0.3) is 0 Å². The lowest BCUT2D eigenvalue weighted by molar-refractivity contribution is -0.124. The number of carbonyl (C=O) groups excluding carboxylic acids is 2. The van der Waals surface area contributed by atoms with Crippen LogP contribution in [0.4, 0.5) is 0 Å². The summed E-state index contributed by atoms with van der Waals surface area (Å²) in [6, 6.07) is 8.92. The third-order valence-electron chi connectivity index (χ3n) is 3.98. The van der Waals surface area contributed by atoms with Crippen molar-refractivity contribution < 1.29 is 9.59 Å². The molecule has 3 nitrogen and oxygen atoms in total. The van der Waals surface area contributed by atoms with Gasteiger partial charge in [-0.05, 0) is 43.5 Å². The van der Waals surface area contributed by atoms with E-state index in [1.807, 2.05) is 25.1 Å². The zero-order valence-corrected chi connectivity index (χ0v) is 16.1. The molecule has 5 heteroatoms. The summed E-state index contributed by atoms with van der Waals surface area (Å²) in [6.45, 7) is 3.66. The van der Waals surface area contributed by atoms with E-state index in [9.17, 15) is 9.59 Å². The molecule has 2 atom stereocenters. The minimum atomic E-state index is -0.982. The Labute approximate surface area is 163 Å². The number of aromatic nitrogens is 1. The third-order valence-corrected chi connectivity index (χ3v) is 4.60. The van der Waals surface area contributed by atoms with Gasteiger partial charge in [-0.2, -0.15) is 0 Å². The van der Waals surface area contributed by atoms with Crippen molar-refractivity contribution in [2.24, 2.45) is 5.92 Å². The highest BCUT2D eigenvalue weighted by atomic mass is 35.5. The molecule has 2 aromatic rings. The van der Waals surface area contributed by atoms with E-state index in [2.05, 4.69) is 16.8 Å². The highest BCUT2D eigenvalue weighted by molar-refractivity contribution is 6.37. The van der Waals surface area contributed by atoms with Crippen molar-refractivity contribution in [1.29, 1.82) is 0 Å². The minimum absolute atomic E-state index is 0.0441. The van der Waals surface area contributed by atoms with Crippen LogP contribution in [0.1, 0.15) is 43.0 Å². The highest BCUT2D eigenvalue weighted by Gasteiger charge is 2.26. The minimum Gasteiger partial charge on any atom is -0.302 e. The number of carbonyl (C=O) groups is 2. The van der Waals surface area contributed by atoms with Crippen LogP contribution in [0, 0.1) is 17.8 Å². The van der Waals surface area contributed by atoms with Crippen LogP contribution in [0.3, 0.4) is 0 Å². The van der Waals surface area contributed by atoms with Crippen molar-refractivity contribution in [3.05, 3.63) is 63.4 Å². The summed E-state index contributed by atoms with van der Waals surface area (Å²) in [6.07, 6.45) is 3.22. The number of pyridine rings is 1. The monoisotopic (exact) mass is 387 g/mol. The van der Waals surface area contributed by atoms with Gasteiger partial charge in [-0.25, -0.2) is 0 Å². The fourth-order valence-corrected chi connectivity index (χ4v) is 3.54. The van der Waals surface area contributed by atoms with Crippen LogP contribution >= 0.6 is 23.2 Å². The first-order valence-corrected chi connectivity index (χ1v) is 9.01. The Morgan fingerprint density at radius 2 is 1.96 bits per heavy atom. The Bertz CT molecular complexity index is 830. The maximum absolute atomic E-state index is 12.7. The summed E-state index contributed by atoms with van der Waals surface area (Å²) in [5.41, 5.74) is 1.90. The van der Waals surface area contributed by atoms with Gasteiger partial charge in [-0.15, -0.1) is 5.92 Å². The zero-order valence-electron chi connectivity index (χ0n) is 14.6. The van der Waals surface area contributed by atoms with Gasteiger partial charge in [0, 0.05) is 39.5 Å². The predicted octanol–water partition coefficient (Wildman–Crippen LogP) is 4.88.